The molecule has 0 atom stereocenters. The first kappa shape index (κ1) is 27.9. The summed E-state index contributed by atoms with van der Waals surface area (Å²) >= 11 is 0. The number of H-pyrrole nitrogens is 1. The van der Waals surface area contributed by atoms with E-state index in [-0.39, 0.29) is 30.8 Å². The summed E-state index contributed by atoms with van der Waals surface area (Å²) in [7, 11) is 2.04. The smallest absolute Gasteiger partial charge is 0.233 e. The summed E-state index contributed by atoms with van der Waals surface area (Å²) in [4.78, 5) is 34.3. The highest BCUT2D eigenvalue weighted by molar-refractivity contribution is 5.83. The number of anilines is 2. The van der Waals surface area contributed by atoms with E-state index in [1.807, 2.05) is 18.9 Å². The summed E-state index contributed by atoms with van der Waals surface area (Å²) in [5.41, 5.74) is 2.05. The van der Waals surface area contributed by atoms with Crippen LogP contribution in [0.2, 0.25) is 0 Å². The standard InChI is InChI=1S/C30H31F2N7O3/c1-30(28(40)39-15-13-38(2)14-16-39)17-41-27(42-18-30)26-36-24(19-3-5-20(31)6-4-19)25(37-26)23-11-12-33-29(35-23)34-22-9-7-21(32)8-10-22/h3-12,27H,13-18H2,1-2H3,(H,36,37)(H,33,34,35). The van der Waals surface area contributed by atoms with Crippen molar-refractivity contribution in [3.8, 4) is 22.6 Å². The van der Waals surface area contributed by atoms with Crippen molar-refractivity contribution in [2.24, 2.45) is 5.41 Å². The van der Waals surface area contributed by atoms with E-state index in [4.69, 9.17) is 14.5 Å². The van der Waals surface area contributed by atoms with Gasteiger partial charge < -0.3 is 29.6 Å². The van der Waals surface area contributed by atoms with Crippen molar-refractivity contribution in [3.63, 3.8) is 0 Å². The van der Waals surface area contributed by atoms with Gasteiger partial charge in [-0.3, -0.25) is 4.79 Å². The molecular weight excluding hydrogens is 544 g/mol. The number of ether oxygens (including phenoxy) is 2. The van der Waals surface area contributed by atoms with Gasteiger partial charge in [-0.2, -0.15) is 0 Å². The molecule has 2 aliphatic heterocycles. The first-order valence-electron chi connectivity index (χ1n) is 13.7. The Bertz CT molecular complexity index is 1550. The highest BCUT2D eigenvalue weighted by Crippen LogP contribution is 2.36. The monoisotopic (exact) mass is 575 g/mol. The Labute approximate surface area is 241 Å². The fourth-order valence-electron chi connectivity index (χ4n) is 5.01. The SMILES string of the molecule is CN1CCN(C(=O)C2(C)COC(c3nc(-c4ccc(F)cc4)c(-c4ccnc(Nc5ccc(F)cc5)n4)[nH]3)OC2)CC1. The summed E-state index contributed by atoms with van der Waals surface area (Å²) in [5.74, 6) is -0.00969. The number of nitrogens with zero attached hydrogens (tertiary/aromatic N) is 5. The van der Waals surface area contributed by atoms with Crippen molar-refractivity contribution in [2.75, 3.05) is 51.8 Å². The lowest BCUT2D eigenvalue weighted by molar-refractivity contribution is -0.234. The van der Waals surface area contributed by atoms with Crippen molar-refractivity contribution in [1.82, 2.24) is 29.7 Å². The number of amides is 1. The molecule has 2 aliphatic rings. The lowest BCUT2D eigenvalue weighted by Gasteiger charge is -2.41. The number of aromatic nitrogens is 4. The lowest BCUT2D eigenvalue weighted by atomic mass is 9.90. The molecule has 6 rings (SSSR count). The predicted molar refractivity (Wildman–Crippen MR) is 152 cm³/mol. The molecule has 2 aromatic heterocycles. The van der Waals surface area contributed by atoms with Crippen LogP contribution in [-0.4, -0.2) is 82.1 Å². The molecule has 12 heteroatoms. The third-order valence-electron chi connectivity index (χ3n) is 7.49. The molecule has 42 heavy (non-hydrogen) atoms. The number of nitrogens with one attached hydrogen (secondary N) is 2. The maximum atomic E-state index is 13.7. The van der Waals surface area contributed by atoms with Gasteiger partial charge in [-0.1, -0.05) is 0 Å². The number of likely N-dealkylation sites (N-methyl/N-ethyl adjacent to an activating group) is 1. The Morgan fingerprint density at radius 2 is 1.60 bits per heavy atom. The van der Waals surface area contributed by atoms with Gasteiger partial charge in [0.1, 0.15) is 11.6 Å². The molecule has 2 N–H and O–H groups in total. The van der Waals surface area contributed by atoms with E-state index >= 15 is 0 Å². The molecule has 0 spiro atoms. The molecular formula is C30H31F2N7O3. The second-order valence-corrected chi connectivity index (χ2v) is 10.9. The highest BCUT2D eigenvalue weighted by atomic mass is 19.1. The maximum Gasteiger partial charge on any atom is 0.233 e. The van der Waals surface area contributed by atoms with E-state index < -0.39 is 11.7 Å². The topological polar surface area (TPSA) is 109 Å². The molecule has 2 saturated heterocycles. The van der Waals surface area contributed by atoms with E-state index in [1.165, 1.54) is 24.3 Å². The van der Waals surface area contributed by atoms with Crippen LogP contribution in [0.1, 0.15) is 19.0 Å². The number of imidazole rings is 1. The van der Waals surface area contributed by atoms with Crippen molar-refractivity contribution < 1.29 is 23.0 Å². The molecule has 2 fully saturated rings. The molecule has 0 unspecified atom stereocenters. The maximum absolute atomic E-state index is 13.7. The van der Waals surface area contributed by atoms with Crippen molar-refractivity contribution in [2.45, 2.75) is 13.2 Å². The van der Waals surface area contributed by atoms with Gasteiger partial charge in [0.05, 0.1) is 35.7 Å². The molecule has 2 aromatic carbocycles. The first-order valence-corrected chi connectivity index (χ1v) is 13.7. The molecule has 0 bridgehead atoms. The van der Waals surface area contributed by atoms with Crippen LogP contribution < -0.4 is 5.32 Å². The van der Waals surface area contributed by atoms with Crippen LogP contribution in [-0.2, 0) is 14.3 Å². The van der Waals surface area contributed by atoms with Crippen LogP contribution in [0.4, 0.5) is 20.4 Å². The minimum Gasteiger partial charge on any atom is -0.345 e. The lowest BCUT2D eigenvalue weighted by Crippen LogP contribution is -2.55. The van der Waals surface area contributed by atoms with Gasteiger partial charge in [-0.25, -0.2) is 23.7 Å². The van der Waals surface area contributed by atoms with Crippen LogP contribution in [0.15, 0.2) is 60.8 Å². The van der Waals surface area contributed by atoms with E-state index in [0.717, 1.165) is 13.1 Å². The Hall–Kier alpha value is -4.26. The Morgan fingerprint density at radius 3 is 2.26 bits per heavy atom. The zero-order chi connectivity index (χ0) is 29.3. The minimum atomic E-state index is -0.843. The fourth-order valence-corrected chi connectivity index (χ4v) is 5.01. The van der Waals surface area contributed by atoms with Crippen LogP contribution in [0.3, 0.4) is 0 Å². The summed E-state index contributed by atoms with van der Waals surface area (Å²) in [6.45, 7) is 5.21. The number of piperazine rings is 1. The second-order valence-electron chi connectivity index (χ2n) is 10.9. The van der Waals surface area contributed by atoms with Gasteiger partial charge in [0.25, 0.3) is 0 Å². The molecule has 218 valence electrons. The summed E-state index contributed by atoms with van der Waals surface area (Å²) in [6.07, 6.45) is 0.747. The Balaban J connectivity index is 1.25. The number of rotatable bonds is 6. The number of hydrogen-bond donors (Lipinski definition) is 2. The van der Waals surface area contributed by atoms with Crippen LogP contribution >= 0.6 is 0 Å². The molecule has 1 amide bonds. The largest absolute Gasteiger partial charge is 0.345 e. The van der Waals surface area contributed by atoms with E-state index in [1.54, 1.807) is 36.5 Å². The highest BCUT2D eigenvalue weighted by Gasteiger charge is 2.43. The predicted octanol–water partition coefficient (Wildman–Crippen LogP) is 4.38. The molecule has 0 aliphatic carbocycles. The summed E-state index contributed by atoms with van der Waals surface area (Å²) in [6, 6.07) is 13.6. The third kappa shape index (κ3) is 5.87. The van der Waals surface area contributed by atoms with Crippen molar-refractivity contribution >= 4 is 17.5 Å². The van der Waals surface area contributed by atoms with Gasteiger partial charge in [0, 0.05) is 43.6 Å². The zero-order valence-corrected chi connectivity index (χ0v) is 23.3. The first-order chi connectivity index (χ1) is 20.3. The number of hydrogen-bond acceptors (Lipinski definition) is 8. The van der Waals surface area contributed by atoms with Gasteiger partial charge in [-0.05, 0) is 68.6 Å². The van der Waals surface area contributed by atoms with Crippen LogP contribution in [0.5, 0.6) is 0 Å². The van der Waals surface area contributed by atoms with Gasteiger partial charge in [0.15, 0.2) is 5.82 Å². The second kappa shape index (κ2) is 11.6. The molecule has 10 nitrogen and oxygen atoms in total. The number of aromatic amines is 1. The molecule has 0 saturated carbocycles. The Kier molecular flexibility index (Phi) is 7.67. The van der Waals surface area contributed by atoms with E-state index in [0.29, 0.717) is 53.2 Å². The van der Waals surface area contributed by atoms with E-state index in [9.17, 15) is 13.6 Å². The third-order valence-corrected chi connectivity index (χ3v) is 7.49. The number of carbonyl (C=O) groups excluding carboxylic acids is 1. The number of carbonyl (C=O) groups is 1. The van der Waals surface area contributed by atoms with E-state index in [2.05, 4.69) is 25.2 Å². The molecule has 0 radical (unpaired) electrons. The molecule has 4 heterocycles. The van der Waals surface area contributed by atoms with Gasteiger partial charge >= 0.3 is 0 Å². The molecule has 4 aromatic rings. The average Bonchev–Trinajstić information content (AvgIpc) is 3.45. The Morgan fingerprint density at radius 1 is 0.952 bits per heavy atom. The summed E-state index contributed by atoms with van der Waals surface area (Å²) < 4.78 is 39.2. The quantitative estimate of drug-likeness (QED) is 0.349. The van der Waals surface area contributed by atoms with Crippen LogP contribution in [0, 0.1) is 17.0 Å². The fraction of sp³-hybridized carbons (Fsp3) is 0.333. The van der Waals surface area contributed by atoms with Gasteiger partial charge in [-0.15, -0.1) is 0 Å². The minimum absolute atomic E-state index is 0.0170. The number of halogens is 2. The van der Waals surface area contributed by atoms with Gasteiger partial charge in [0.2, 0.25) is 18.1 Å². The zero-order valence-electron chi connectivity index (χ0n) is 23.3. The normalized spacial score (nSPS) is 21.3. The summed E-state index contributed by atoms with van der Waals surface area (Å²) in [5, 5.41) is 3.07. The van der Waals surface area contributed by atoms with Crippen molar-refractivity contribution in [1.29, 1.82) is 0 Å². The number of benzene rings is 2. The van der Waals surface area contributed by atoms with Crippen molar-refractivity contribution in [3.05, 3.63) is 78.3 Å². The van der Waals surface area contributed by atoms with Crippen LogP contribution in [0.25, 0.3) is 22.6 Å². The average molecular weight is 576 g/mol.